The van der Waals surface area contributed by atoms with E-state index in [1.165, 1.54) is 10.9 Å². The molecule has 0 radical (unpaired) electrons. The minimum absolute atomic E-state index is 0.0960. The lowest BCUT2D eigenvalue weighted by Crippen LogP contribution is -2.27. The van der Waals surface area contributed by atoms with Gasteiger partial charge in [-0.3, -0.25) is 9.48 Å². The van der Waals surface area contributed by atoms with Crippen LogP contribution < -0.4 is 5.73 Å². The van der Waals surface area contributed by atoms with E-state index in [9.17, 15) is 4.79 Å². The number of rotatable bonds is 4. The third kappa shape index (κ3) is 2.69. The summed E-state index contributed by atoms with van der Waals surface area (Å²) in [7, 11) is 1.69. The maximum Gasteiger partial charge on any atom is 0.187 e. The second-order valence-corrected chi connectivity index (χ2v) is 4.96. The third-order valence-corrected chi connectivity index (χ3v) is 3.54. The highest BCUT2D eigenvalue weighted by Crippen LogP contribution is 2.25. The maximum atomic E-state index is 12.4. The zero-order valence-corrected chi connectivity index (χ0v) is 11.6. The summed E-state index contributed by atoms with van der Waals surface area (Å²) < 4.78 is 1.48. The quantitative estimate of drug-likeness (QED) is 0.874. The summed E-state index contributed by atoms with van der Waals surface area (Å²) in [6.45, 7) is 1.81. The van der Waals surface area contributed by atoms with Crippen LogP contribution >= 0.6 is 11.6 Å². The number of ketones is 1. The Bertz CT molecular complexity index is 560. The van der Waals surface area contributed by atoms with Crippen LogP contribution in [0, 0.1) is 5.92 Å². The van der Waals surface area contributed by atoms with Crippen molar-refractivity contribution in [3.05, 3.63) is 52.8 Å². The number of hydrogen-bond donors (Lipinski definition) is 1. The molecule has 1 heterocycles. The molecule has 0 aliphatic rings. The Morgan fingerprint density at radius 1 is 1.37 bits per heavy atom. The minimum atomic E-state index is -0.365. The molecule has 0 spiro atoms. The Labute approximate surface area is 117 Å². The van der Waals surface area contributed by atoms with Gasteiger partial charge in [-0.15, -0.1) is 0 Å². The number of nitrogens with zero attached hydrogens (tertiary/aromatic N) is 2. The summed E-state index contributed by atoms with van der Waals surface area (Å²) in [5.74, 6) is -0.461. The molecule has 2 aromatic rings. The third-order valence-electron chi connectivity index (χ3n) is 3.26. The zero-order chi connectivity index (χ0) is 14.0. The van der Waals surface area contributed by atoms with Crippen LogP contribution in [-0.2, 0) is 7.05 Å². The van der Waals surface area contributed by atoms with E-state index in [0.717, 1.165) is 5.56 Å². The van der Waals surface area contributed by atoms with Crippen molar-refractivity contribution in [2.45, 2.75) is 13.0 Å². The van der Waals surface area contributed by atoms with Crippen molar-refractivity contribution >= 4 is 17.4 Å². The average Bonchev–Trinajstić information content (AvgIpc) is 2.77. The van der Waals surface area contributed by atoms with Gasteiger partial charge in [-0.25, -0.2) is 0 Å². The smallest absolute Gasteiger partial charge is 0.187 e. The molecule has 2 N–H and O–H groups in total. The molecule has 0 saturated carbocycles. The maximum absolute atomic E-state index is 12.4. The van der Waals surface area contributed by atoms with Gasteiger partial charge in [0.05, 0.1) is 11.2 Å². The molecule has 2 rings (SSSR count). The molecular weight excluding hydrogens is 262 g/mol. The molecule has 1 aromatic carbocycles. The molecule has 0 saturated heterocycles. The van der Waals surface area contributed by atoms with Crippen LogP contribution in [0.1, 0.15) is 29.0 Å². The molecular formula is C14H16ClN3O. The Morgan fingerprint density at radius 2 is 2.00 bits per heavy atom. The standard InChI is InChI=1S/C14H16ClN3O/c1-9(12(16)10-6-4-3-5-7-10)14(19)13-11(15)8-17-18(13)2/h3-9,12H,16H2,1-2H3. The molecule has 0 aliphatic heterocycles. The van der Waals surface area contributed by atoms with Crippen LogP contribution in [0.4, 0.5) is 0 Å². The van der Waals surface area contributed by atoms with Crippen molar-refractivity contribution in [2.75, 3.05) is 0 Å². The number of benzene rings is 1. The van der Waals surface area contributed by atoms with Crippen molar-refractivity contribution in [1.29, 1.82) is 0 Å². The first-order valence-corrected chi connectivity index (χ1v) is 6.42. The van der Waals surface area contributed by atoms with E-state index < -0.39 is 0 Å². The highest BCUT2D eigenvalue weighted by atomic mass is 35.5. The lowest BCUT2D eigenvalue weighted by molar-refractivity contribution is 0.0903. The molecule has 0 aliphatic carbocycles. The van der Waals surface area contributed by atoms with Crippen molar-refractivity contribution in [3.63, 3.8) is 0 Å². The van der Waals surface area contributed by atoms with Gasteiger partial charge in [-0.1, -0.05) is 48.9 Å². The molecule has 4 nitrogen and oxygen atoms in total. The summed E-state index contributed by atoms with van der Waals surface area (Å²) >= 11 is 5.99. The van der Waals surface area contributed by atoms with Crippen LogP contribution in [0.5, 0.6) is 0 Å². The molecule has 0 bridgehead atoms. The molecule has 0 fully saturated rings. The van der Waals surface area contributed by atoms with Crippen molar-refractivity contribution < 1.29 is 4.79 Å². The molecule has 5 heteroatoms. The van der Waals surface area contributed by atoms with E-state index in [-0.39, 0.29) is 17.7 Å². The van der Waals surface area contributed by atoms with E-state index in [0.29, 0.717) is 10.7 Å². The lowest BCUT2D eigenvalue weighted by atomic mass is 9.90. The monoisotopic (exact) mass is 277 g/mol. The molecule has 0 amide bonds. The summed E-state index contributed by atoms with van der Waals surface area (Å²) in [6.07, 6.45) is 1.47. The second kappa shape index (κ2) is 5.55. The largest absolute Gasteiger partial charge is 0.323 e. The van der Waals surface area contributed by atoms with Gasteiger partial charge in [0, 0.05) is 19.0 Å². The fourth-order valence-corrected chi connectivity index (χ4v) is 2.29. The first-order valence-electron chi connectivity index (χ1n) is 6.04. The fourth-order valence-electron chi connectivity index (χ4n) is 2.03. The van der Waals surface area contributed by atoms with E-state index in [2.05, 4.69) is 5.10 Å². The number of carbonyl (C=O) groups is 1. The van der Waals surface area contributed by atoms with Gasteiger partial charge in [-0.05, 0) is 5.56 Å². The van der Waals surface area contributed by atoms with Crippen LogP contribution in [0.25, 0.3) is 0 Å². The molecule has 100 valence electrons. The van der Waals surface area contributed by atoms with Crippen LogP contribution in [0.3, 0.4) is 0 Å². The first kappa shape index (κ1) is 13.8. The second-order valence-electron chi connectivity index (χ2n) is 4.55. The lowest BCUT2D eigenvalue weighted by Gasteiger charge is -2.19. The number of hydrogen-bond acceptors (Lipinski definition) is 3. The topological polar surface area (TPSA) is 60.9 Å². The summed E-state index contributed by atoms with van der Waals surface area (Å²) in [6, 6.07) is 9.20. The average molecular weight is 278 g/mol. The minimum Gasteiger partial charge on any atom is -0.323 e. The van der Waals surface area contributed by atoms with Crippen LogP contribution in [0.15, 0.2) is 36.5 Å². The highest BCUT2D eigenvalue weighted by Gasteiger charge is 2.27. The predicted octanol–water partition coefficient (Wildman–Crippen LogP) is 2.59. The van der Waals surface area contributed by atoms with Gasteiger partial charge in [0.15, 0.2) is 5.78 Å². The molecule has 19 heavy (non-hydrogen) atoms. The van der Waals surface area contributed by atoms with Crippen molar-refractivity contribution in [3.8, 4) is 0 Å². The Morgan fingerprint density at radius 3 is 2.53 bits per heavy atom. The van der Waals surface area contributed by atoms with E-state index in [1.807, 2.05) is 37.3 Å². The van der Waals surface area contributed by atoms with Gasteiger partial charge >= 0.3 is 0 Å². The number of aryl methyl sites for hydroxylation is 1. The van der Waals surface area contributed by atoms with Crippen LogP contribution in [-0.4, -0.2) is 15.6 Å². The number of carbonyl (C=O) groups excluding carboxylic acids is 1. The Hall–Kier alpha value is -1.65. The number of aromatic nitrogens is 2. The summed E-state index contributed by atoms with van der Waals surface area (Å²) in [5, 5.41) is 4.34. The Balaban J connectivity index is 2.25. The van der Waals surface area contributed by atoms with Crippen molar-refractivity contribution in [2.24, 2.45) is 18.7 Å². The van der Waals surface area contributed by atoms with E-state index >= 15 is 0 Å². The SMILES string of the molecule is CC(C(=O)c1c(Cl)cnn1C)C(N)c1ccccc1. The van der Waals surface area contributed by atoms with Gasteiger partial charge in [0.2, 0.25) is 0 Å². The van der Waals surface area contributed by atoms with Gasteiger partial charge < -0.3 is 5.73 Å². The first-order chi connectivity index (χ1) is 9.02. The molecule has 2 unspecified atom stereocenters. The zero-order valence-electron chi connectivity index (χ0n) is 10.9. The van der Waals surface area contributed by atoms with Gasteiger partial charge in [-0.2, -0.15) is 5.10 Å². The molecule has 1 aromatic heterocycles. The summed E-state index contributed by atoms with van der Waals surface area (Å²) in [5.41, 5.74) is 7.49. The Kier molecular flexibility index (Phi) is 4.02. The number of nitrogens with two attached hydrogens (primary N) is 1. The predicted molar refractivity (Wildman–Crippen MR) is 75.1 cm³/mol. The van der Waals surface area contributed by atoms with Gasteiger partial charge in [0.25, 0.3) is 0 Å². The molecule has 2 atom stereocenters. The van der Waals surface area contributed by atoms with E-state index in [1.54, 1.807) is 7.05 Å². The number of Topliss-reactive ketones (excluding diaryl/α,β-unsaturated/α-hetero) is 1. The van der Waals surface area contributed by atoms with Crippen LogP contribution in [0.2, 0.25) is 5.02 Å². The fraction of sp³-hybridized carbons (Fsp3) is 0.286. The summed E-state index contributed by atoms with van der Waals surface area (Å²) in [4.78, 5) is 12.4. The van der Waals surface area contributed by atoms with Gasteiger partial charge in [0.1, 0.15) is 5.69 Å². The highest BCUT2D eigenvalue weighted by molar-refractivity contribution is 6.33. The normalized spacial score (nSPS) is 14.1. The van der Waals surface area contributed by atoms with E-state index in [4.69, 9.17) is 17.3 Å². The van der Waals surface area contributed by atoms with Crippen molar-refractivity contribution in [1.82, 2.24) is 9.78 Å². The number of halogens is 1.